The number of hydrogen-bond acceptors (Lipinski definition) is 2. The highest BCUT2D eigenvalue weighted by Gasteiger charge is 2.12. The maximum Gasteiger partial charge on any atom is 0.275 e. The number of hydrogen-bond donors (Lipinski definition) is 2. The molecule has 3 N–H and O–H groups in total. The van der Waals surface area contributed by atoms with Crippen LogP contribution in [0.2, 0.25) is 0 Å². The van der Waals surface area contributed by atoms with Crippen molar-refractivity contribution in [3.8, 4) is 18.1 Å². The molecule has 1 rings (SSSR count). The molecule has 0 aromatic heterocycles. The van der Waals surface area contributed by atoms with Crippen LogP contribution in [0.3, 0.4) is 0 Å². The standard InChI is InChI=1S/C14H17BrN2O2/c1-4-7-16-14(18)9-17-10(2)11-5-6-13(19-3)12(15)8-11/h1,5-6,8,10,17H,7,9H2,2-3H3,(H,16,18)/p+1/t10-/m0/s1. The minimum Gasteiger partial charge on any atom is -0.496 e. The van der Waals surface area contributed by atoms with Crippen molar-refractivity contribution in [1.29, 1.82) is 0 Å². The zero-order chi connectivity index (χ0) is 14.3. The van der Waals surface area contributed by atoms with Crippen LogP contribution in [0.15, 0.2) is 22.7 Å². The van der Waals surface area contributed by atoms with Crippen molar-refractivity contribution in [2.24, 2.45) is 0 Å². The largest absolute Gasteiger partial charge is 0.496 e. The van der Waals surface area contributed by atoms with Crippen molar-refractivity contribution in [3.63, 3.8) is 0 Å². The van der Waals surface area contributed by atoms with Crippen molar-refractivity contribution in [1.82, 2.24) is 5.32 Å². The molecule has 0 radical (unpaired) electrons. The molecule has 1 atom stereocenters. The summed E-state index contributed by atoms with van der Waals surface area (Å²) in [5.41, 5.74) is 1.12. The zero-order valence-electron chi connectivity index (χ0n) is 11.1. The van der Waals surface area contributed by atoms with E-state index >= 15 is 0 Å². The first-order valence-electron chi connectivity index (χ1n) is 5.95. The summed E-state index contributed by atoms with van der Waals surface area (Å²) in [5.74, 6) is 3.11. The van der Waals surface area contributed by atoms with E-state index < -0.39 is 0 Å². The van der Waals surface area contributed by atoms with Crippen molar-refractivity contribution in [2.45, 2.75) is 13.0 Å². The Kier molecular flexibility index (Phi) is 6.40. The number of nitrogens with two attached hydrogens (primary N) is 1. The summed E-state index contributed by atoms with van der Waals surface area (Å²) >= 11 is 3.45. The van der Waals surface area contributed by atoms with Crippen LogP contribution in [0.25, 0.3) is 0 Å². The second kappa shape index (κ2) is 7.82. The Bertz CT molecular complexity index is 483. The number of halogens is 1. The fourth-order valence-corrected chi connectivity index (χ4v) is 2.17. The van der Waals surface area contributed by atoms with Gasteiger partial charge in [-0.15, -0.1) is 6.42 Å². The number of rotatable bonds is 6. The smallest absolute Gasteiger partial charge is 0.275 e. The summed E-state index contributed by atoms with van der Waals surface area (Å²) in [4.78, 5) is 11.4. The molecule has 0 heterocycles. The van der Waals surface area contributed by atoms with Gasteiger partial charge in [0.25, 0.3) is 5.91 Å². The lowest BCUT2D eigenvalue weighted by Crippen LogP contribution is -2.87. The summed E-state index contributed by atoms with van der Waals surface area (Å²) < 4.78 is 6.09. The van der Waals surface area contributed by atoms with E-state index in [1.54, 1.807) is 7.11 Å². The Hall–Kier alpha value is -1.51. The number of quaternary nitrogens is 1. The van der Waals surface area contributed by atoms with Gasteiger partial charge in [0.15, 0.2) is 6.54 Å². The summed E-state index contributed by atoms with van der Waals surface area (Å²) in [6.07, 6.45) is 5.08. The third-order valence-electron chi connectivity index (χ3n) is 2.75. The fourth-order valence-electron chi connectivity index (χ4n) is 1.61. The van der Waals surface area contributed by atoms with E-state index in [1.165, 1.54) is 0 Å². The Balaban J connectivity index is 2.54. The van der Waals surface area contributed by atoms with Crippen molar-refractivity contribution >= 4 is 21.8 Å². The van der Waals surface area contributed by atoms with Crippen molar-refractivity contribution in [3.05, 3.63) is 28.2 Å². The summed E-state index contributed by atoms with van der Waals surface area (Å²) in [6.45, 7) is 2.67. The van der Waals surface area contributed by atoms with Gasteiger partial charge in [-0.3, -0.25) is 4.79 Å². The molecule has 0 aliphatic rings. The number of nitrogens with one attached hydrogen (secondary N) is 1. The first-order chi connectivity index (χ1) is 9.08. The molecule has 1 aromatic carbocycles. The third-order valence-corrected chi connectivity index (χ3v) is 3.37. The molecule has 0 spiro atoms. The van der Waals surface area contributed by atoms with E-state index in [-0.39, 0.29) is 18.5 Å². The van der Waals surface area contributed by atoms with Gasteiger partial charge >= 0.3 is 0 Å². The molecule has 1 aromatic rings. The predicted octanol–water partition coefficient (Wildman–Crippen LogP) is 0.831. The number of methoxy groups -OCH3 is 1. The average molecular weight is 326 g/mol. The molecule has 19 heavy (non-hydrogen) atoms. The second-order valence-electron chi connectivity index (χ2n) is 4.10. The van der Waals surface area contributed by atoms with Crippen LogP contribution < -0.4 is 15.4 Å². The van der Waals surface area contributed by atoms with Gasteiger partial charge in [0.1, 0.15) is 11.8 Å². The van der Waals surface area contributed by atoms with Crippen LogP contribution in [-0.2, 0) is 4.79 Å². The molecule has 102 valence electrons. The highest BCUT2D eigenvalue weighted by Crippen LogP contribution is 2.26. The van der Waals surface area contributed by atoms with Gasteiger partial charge in [-0.2, -0.15) is 0 Å². The van der Waals surface area contributed by atoms with Crippen LogP contribution in [0.1, 0.15) is 18.5 Å². The number of terminal acetylenes is 1. The molecule has 0 aliphatic carbocycles. The minimum atomic E-state index is -0.0580. The summed E-state index contributed by atoms with van der Waals surface area (Å²) in [6, 6.07) is 6.07. The lowest BCUT2D eigenvalue weighted by Gasteiger charge is -2.12. The van der Waals surface area contributed by atoms with Gasteiger partial charge in [-0.05, 0) is 41.1 Å². The van der Waals surface area contributed by atoms with Crippen molar-refractivity contribution in [2.75, 3.05) is 20.2 Å². The number of ether oxygens (including phenoxy) is 1. The first kappa shape index (κ1) is 15.5. The molecule has 0 saturated heterocycles. The van der Waals surface area contributed by atoms with Crippen LogP contribution in [-0.4, -0.2) is 26.1 Å². The molecule has 0 bridgehead atoms. The maximum atomic E-state index is 11.4. The number of carbonyl (C=O) groups is 1. The SMILES string of the molecule is C#CCNC(=O)C[NH2+][C@@H](C)c1ccc(OC)c(Br)c1. The maximum absolute atomic E-state index is 11.4. The Morgan fingerprint density at radius 2 is 2.37 bits per heavy atom. The van der Waals surface area contributed by atoms with Gasteiger partial charge in [0.2, 0.25) is 0 Å². The zero-order valence-corrected chi connectivity index (χ0v) is 12.7. The number of carbonyl (C=O) groups excluding carboxylic acids is 1. The number of amides is 1. The topological polar surface area (TPSA) is 54.9 Å². The van der Waals surface area contributed by atoms with Gasteiger partial charge in [0, 0.05) is 5.56 Å². The lowest BCUT2D eigenvalue weighted by atomic mass is 10.1. The molecule has 0 saturated carbocycles. The molecule has 1 amide bonds. The van der Waals surface area contributed by atoms with Crippen LogP contribution in [0.4, 0.5) is 0 Å². The highest BCUT2D eigenvalue weighted by atomic mass is 79.9. The monoisotopic (exact) mass is 325 g/mol. The van der Waals surface area contributed by atoms with Crippen LogP contribution in [0.5, 0.6) is 5.75 Å². The van der Waals surface area contributed by atoms with Gasteiger partial charge in [-0.25, -0.2) is 0 Å². The minimum absolute atomic E-state index is 0.0580. The van der Waals surface area contributed by atoms with Gasteiger partial charge in [0.05, 0.1) is 18.1 Å². The Labute approximate surface area is 122 Å². The molecule has 0 fully saturated rings. The van der Waals surface area contributed by atoms with Gasteiger partial charge in [-0.1, -0.05) is 5.92 Å². The average Bonchev–Trinajstić information content (AvgIpc) is 2.42. The van der Waals surface area contributed by atoms with E-state index in [2.05, 4.69) is 27.2 Å². The van der Waals surface area contributed by atoms with Crippen LogP contribution in [0, 0.1) is 12.3 Å². The normalized spacial score (nSPS) is 11.5. The fraction of sp³-hybridized carbons (Fsp3) is 0.357. The van der Waals surface area contributed by atoms with E-state index in [4.69, 9.17) is 11.2 Å². The van der Waals surface area contributed by atoms with Crippen LogP contribution >= 0.6 is 15.9 Å². The second-order valence-corrected chi connectivity index (χ2v) is 4.96. The Morgan fingerprint density at radius 1 is 1.63 bits per heavy atom. The lowest BCUT2D eigenvalue weighted by molar-refractivity contribution is -0.682. The summed E-state index contributed by atoms with van der Waals surface area (Å²) in [5, 5.41) is 4.59. The molecule has 5 heteroatoms. The first-order valence-corrected chi connectivity index (χ1v) is 6.74. The van der Waals surface area contributed by atoms with E-state index in [0.717, 1.165) is 15.8 Å². The predicted molar refractivity (Wildman–Crippen MR) is 77.7 cm³/mol. The number of benzene rings is 1. The third kappa shape index (κ3) is 4.93. The van der Waals surface area contributed by atoms with Gasteiger partial charge < -0.3 is 15.4 Å². The quantitative estimate of drug-likeness (QED) is 0.761. The molecular formula is C14H18BrN2O2+. The highest BCUT2D eigenvalue weighted by molar-refractivity contribution is 9.10. The van der Waals surface area contributed by atoms with E-state index in [0.29, 0.717) is 6.54 Å². The molecule has 4 nitrogen and oxygen atoms in total. The van der Waals surface area contributed by atoms with E-state index in [9.17, 15) is 4.79 Å². The van der Waals surface area contributed by atoms with Crippen molar-refractivity contribution < 1.29 is 14.8 Å². The molecule has 0 aliphatic heterocycles. The Morgan fingerprint density at radius 3 is 2.95 bits per heavy atom. The molecule has 0 unspecified atom stereocenters. The molecular weight excluding hydrogens is 308 g/mol. The summed E-state index contributed by atoms with van der Waals surface area (Å²) in [7, 11) is 1.63. The van der Waals surface area contributed by atoms with E-state index in [1.807, 2.05) is 30.4 Å².